The Morgan fingerprint density at radius 3 is 2.27 bits per heavy atom. The van der Waals surface area contributed by atoms with Gasteiger partial charge in [0, 0.05) is 5.75 Å². The molecule has 0 saturated heterocycles. The zero-order valence-electron chi connectivity index (χ0n) is 23.2. The average Bonchev–Trinajstić information content (AvgIpc) is 3.58. The fraction of sp³-hybridized carbons (Fsp3) is 0.300. The van der Waals surface area contributed by atoms with Crippen LogP contribution >= 0.6 is 34.4 Å². The number of thiazole rings is 1. The van der Waals surface area contributed by atoms with Gasteiger partial charge < -0.3 is 5.11 Å². The van der Waals surface area contributed by atoms with Crippen molar-refractivity contribution >= 4 is 51.3 Å². The minimum absolute atomic E-state index is 0.0318. The van der Waals surface area contributed by atoms with Gasteiger partial charge in [-0.3, -0.25) is 14.5 Å². The van der Waals surface area contributed by atoms with Crippen LogP contribution in [0.1, 0.15) is 69.4 Å². The number of aromatic nitrogens is 3. The Balaban J connectivity index is 1.52. The molecule has 10 heteroatoms. The van der Waals surface area contributed by atoms with Crippen LogP contribution in [0.25, 0.3) is 0 Å². The molecule has 0 fully saturated rings. The van der Waals surface area contributed by atoms with Crippen molar-refractivity contribution in [1.29, 1.82) is 0 Å². The highest BCUT2D eigenvalue weighted by Crippen LogP contribution is 2.45. The molecule has 0 spiro atoms. The number of carbonyl (C=O) groups is 2. The third-order valence-corrected chi connectivity index (χ3v) is 9.94. The topological polar surface area (TPSA) is 96.3 Å². The number of aliphatic hydroxyl groups excluding tert-OH is 1. The molecule has 0 radical (unpaired) electrons. The summed E-state index contributed by atoms with van der Waals surface area (Å²) in [5.41, 5.74) is 4.71. The number of Topliss-reactive ketones (excluding diaryl/α,β-unsaturated/α-hetero) is 1. The molecule has 0 bridgehead atoms. The number of thioether (sulfide) groups is 1. The number of benzene rings is 2. The summed E-state index contributed by atoms with van der Waals surface area (Å²) in [5, 5.41) is 20.8. The van der Waals surface area contributed by atoms with Gasteiger partial charge in [0.05, 0.1) is 27.2 Å². The summed E-state index contributed by atoms with van der Waals surface area (Å²) < 4.78 is 0.693. The molecular weight excluding hydrogens is 561 g/mol. The molecule has 0 aliphatic carbocycles. The van der Waals surface area contributed by atoms with E-state index in [2.05, 4.69) is 60.2 Å². The minimum atomic E-state index is -0.848. The van der Waals surface area contributed by atoms with Gasteiger partial charge in [0.1, 0.15) is 0 Å². The van der Waals surface area contributed by atoms with Gasteiger partial charge >= 0.3 is 0 Å². The molecule has 3 heterocycles. The third kappa shape index (κ3) is 5.48. The van der Waals surface area contributed by atoms with E-state index in [9.17, 15) is 14.7 Å². The number of hydrogen-bond donors (Lipinski definition) is 1. The highest BCUT2D eigenvalue weighted by atomic mass is 32.2. The second kappa shape index (κ2) is 10.9. The van der Waals surface area contributed by atoms with Crippen molar-refractivity contribution in [2.75, 3.05) is 4.90 Å². The quantitative estimate of drug-likeness (QED) is 0.137. The summed E-state index contributed by atoms with van der Waals surface area (Å²) in [6, 6.07) is 15.3. The normalized spacial score (nSPS) is 15.8. The Bertz CT molecular complexity index is 1610. The van der Waals surface area contributed by atoms with E-state index < -0.39 is 23.5 Å². The van der Waals surface area contributed by atoms with Crippen LogP contribution in [0.4, 0.5) is 5.13 Å². The van der Waals surface area contributed by atoms with E-state index in [1.54, 1.807) is 6.92 Å². The van der Waals surface area contributed by atoms with Crippen LogP contribution in [-0.4, -0.2) is 32.0 Å². The molecule has 4 aromatic rings. The number of amides is 1. The largest absolute Gasteiger partial charge is 0.503 e. The third-order valence-electron chi connectivity index (χ3n) is 6.74. The Morgan fingerprint density at radius 2 is 1.68 bits per heavy atom. The molecular formula is C30H30N4O3S3. The van der Waals surface area contributed by atoms with Crippen molar-refractivity contribution in [3.63, 3.8) is 0 Å². The van der Waals surface area contributed by atoms with Crippen LogP contribution in [0.3, 0.4) is 0 Å². The Hall–Kier alpha value is -3.34. The molecule has 5 rings (SSSR count). The molecule has 1 atom stereocenters. The van der Waals surface area contributed by atoms with Crippen molar-refractivity contribution in [3.8, 4) is 0 Å². The molecule has 1 N–H and O–H groups in total. The molecule has 206 valence electrons. The van der Waals surface area contributed by atoms with Crippen molar-refractivity contribution in [2.24, 2.45) is 0 Å². The van der Waals surface area contributed by atoms with E-state index in [4.69, 9.17) is 0 Å². The van der Waals surface area contributed by atoms with Crippen LogP contribution in [0.5, 0.6) is 0 Å². The summed E-state index contributed by atoms with van der Waals surface area (Å²) in [6.07, 6.45) is 0. The van der Waals surface area contributed by atoms with Crippen molar-refractivity contribution in [1.82, 2.24) is 15.2 Å². The number of aliphatic hydroxyl groups is 1. The zero-order chi connectivity index (χ0) is 28.8. The van der Waals surface area contributed by atoms with Gasteiger partial charge in [-0.15, -0.1) is 21.5 Å². The molecule has 1 amide bonds. The first-order valence-corrected chi connectivity index (χ1v) is 15.4. The van der Waals surface area contributed by atoms with E-state index in [1.807, 2.05) is 38.1 Å². The highest BCUT2D eigenvalue weighted by Gasteiger charge is 2.46. The van der Waals surface area contributed by atoms with Gasteiger partial charge in [-0.2, -0.15) is 0 Å². The lowest BCUT2D eigenvalue weighted by atomic mass is 9.85. The molecule has 2 aromatic heterocycles. The van der Waals surface area contributed by atoms with E-state index in [-0.39, 0.29) is 11.0 Å². The summed E-state index contributed by atoms with van der Waals surface area (Å²) in [6.45, 7) is 12.0. The second-order valence-corrected chi connectivity index (χ2v) is 14.2. The highest BCUT2D eigenvalue weighted by molar-refractivity contribution is 8.00. The summed E-state index contributed by atoms with van der Waals surface area (Å²) >= 11 is 4.05. The zero-order valence-corrected chi connectivity index (χ0v) is 25.6. The lowest BCUT2D eigenvalue weighted by molar-refractivity contribution is -0.117. The van der Waals surface area contributed by atoms with Gasteiger partial charge in [0.25, 0.3) is 5.91 Å². The first-order valence-electron chi connectivity index (χ1n) is 12.8. The number of rotatable bonds is 7. The average molecular weight is 591 g/mol. The van der Waals surface area contributed by atoms with Crippen LogP contribution < -0.4 is 4.90 Å². The molecule has 40 heavy (non-hydrogen) atoms. The van der Waals surface area contributed by atoms with Crippen molar-refractivity contribution < 1.29 is 14.7 Å². The maximum atomic E-state index is 13.8. The fourth-order valence-electron chi connectivity index (χ4n) is 4.57. The number of hydrogen-bond acceptors (Lipinski definition) is 9. The Kier molecular flexibility index (Phi) is 7.69. The van der Waals surface area contributed by atoms with Gasteiger partial charge in [-0.25, -0.2) is 4.98 Å². The Morgan fingerprint density at radius 1 is 1.00 bits per heavy atom. The molecule has 1 aliphatic heterocycles. The first kappa shape index (κ1) is 28.2. The molecule has 1 aliphatic rings. The second-order valence-electron chi connectivity index (χ2n) is 10.8. The van der Waals surface area contributed by atoms with E-state index in [1.165, 1.54) is 44.9 Å². The number of carbonyl (C=O) groups excluding carboxylic acids is 2. The smallest absolute Gasteiger partial charge is 0.296 e. The van der Waals surface area contributed by atoms with Crippen molar-refractivity contribution in [3.05, 3.63) is 97.7 Å². The lowest BCUT2D eigenvalue weighted by Gasteiger charge is -2.25. The van der Waals surface area contributed by atoms with E-state index in [0.717, 1.165) is 16.1 Å². The SMILES string of the molecule is Cc1ccc(CSc2nnc(N3C(=O)C(O)=C(C(=O)c4sc(C)nc4C)C3c3ccc(C(C)(C)C)cc3)s2)cc1. The lowest BCUT2D eigenvalue weighted by Crippen LogP contribution is -2.31. The van der Waals surface area contributed by atoms with E-state index >= 15 is 0 Å². The molecule has 2 aromatic carbocycles. The number of nitrogens with zero attached hydrogens (tertiary/aromatic N) is 4. The summed E-state index contributed by atoms with van der Waals surface area (Å²) in [7, 11) is 0. The molecule has 1 unspecified atom stereocenters. The van der Waals surface area contributed by atoms with Gasteiger partial charge in [0.15, 0.2) is 10.1 Å². The molecule has 7 nitrogen and oxygen atoms in total. The minimum Gasteiger partial charge on any atom is -0.503 e. The van der Waals surface area contributed by atoms with Crippen molar-refractivity contribution in [2.45, 2.75) is 63.1 Å². The maximum absolute atomic E-state index is 13.8. The number of ketones is 1. The molecule has 0 saturated carbocycles. The predicted molar refractivity (Wildman–Crippen MR) is 162 cm³/mol. The van der Waals surface area contributed by atoms with Crippen LogP contribution in [0.15, 0.2) is 64.2 Å². The number of anilines is 1. The monoisotopic (exact) mass is 590 g/mol. The maximum Gasteiger partial charge on any atom is 0.296 e. The van der Waals surface area contributed by atoms with Crippen LogP contribution in [0, 0.1) is 20.8 Å². The summed E-state index contributed by atoms with van der Waals surface area (Å²) in [5.74, 6) is -0.930. The standard InChI is InChI=1S/C30H30N4O3S3/c1-16-7-9-19(10-8-16)15-38-29-33-32-28(40-29)34-23(20-11-13-21(14-12-20)30(4,5)6)22(25(36)27(34)37)24(35)26-17(2)31-18(3)39-26/h7-14,23,36H,15H2,1-6H3. The van der Waals surface area contributed by atoms with Gasteiger partial charge in [0.2, 0.25) is 10.9 Å². The fourth-order valence-corrected chi connectivity index (χ4v) is 7.26. The van der Waals surface area contributed by atoms with Gasteiger partial charge in [-0.1, -0.05) is 98.0 Å². The summed E-state index contributed by atoms with van der Waals surface area (Å²) in [4.78, 5) is 33.6. The van der Waals surface area contributed by atoms with Gasteiger partial charge in [-0.05, 0) is 42.9 Å². The van der Waals surface area contributed by atoms with Crippen LogP contribution in [0.2, 0.25) is 0 Å². The van der Waals surface area contributed by atoms with Crippen LogP contribution in [-0.2, 0) is 16.0 Å². The first-order chi connectivity index (χ1) is 18.9. The predicted octanol–water partition coefficient (Wildman–Crippen LogP) is 7.29. The Labute approximate surface area is 246 Å². The van der Waals surface area contributed by atoms with E-state index in [0.29, 0.717) is 31.4 Å². The number of aryl methyl sites for hydroxylation is 3.